The van der Waals surface area contributed by atoms with Gasteiger partial charge in [-0.2, -0.15) is 0 Å². The van der Waals surface area contributed by atoms with E-state index in [-0.39, 0.29) is 11.9 Å². The number of unbranched alkanes of at least 4 members (excludes halogenated alkanes) is 1. The Morgan fingerprint density at radius 1 is 1.28 bits per heavy atom. The van der Waals surface area contributed by atoms with Crippen LogP contribution in [0.5, 0.6) is 0 Å². The van der Waals surface area contributed by atoms with Crippen LogP contribution < -0.4 is 0 Å². The maximum absolute atomic E-state index is 12.1. The van der Waals surface area contributed by atoms with Gasteiger partial charge >= 0.3 is 0 Å². The maximum Gasteiger partial charge on any atom is 0.230 e. The van der Waals surface area contributed by atoms with E-state index in [0.717, 1.165) is 35.6 Å². The maximum atomic E-state index is 12.1. The smallest absolute Gasteiger partial charge is 0.230 e. The molecule has 0 spiro atoms. The Labute approximate surface area is 113 Å². The second kappa shape index (κ2) is 7.16. The van der Waals surface area contributed by atoms with E-state index in [9.17, 15) is 13.5 Å². The number of aryl methyl sites for hydroxylation is 1. The largest absolute Gasteiger partial charge is 0.395 e. The highest BCUT2D eigenvalue weighted by molar-refractivity contribution is 8.72. The van der Waals surface area contributed by atoms with Crippen LogP contribution >= 0.6 is 10.8 Å². The number of rotatable bonds is 7. The van der Waals surface area contributed by atoms with Gasteiger partial charge in [0, 0.05) is 5.25 Å². The molecule has 0 fully saturated rings. The molecule has 0 amide bonds. The number of aliphatic hydroxyl groups is 1. The fourth-order valence-corrected chi connectivity index (χ4v) is 5.02. The van der Waals surface area contributed by atoms with Gasteiger partial charge in [0.15, 0.2) is 0 Å². The SMILES string of the molecule is CCCCC(CO)SS(=O)(=O)c1ccc(C)cc1. The molecular weight excluding hydrogens is 268 g/mol. The first-order chi connectivity index (χ1) is 8.49. The molecule has 1 N–H and O–H groups in total. The Balaban J connectivity index is 2.77. The first kappa shape index (κ1) is 15.5. The summed E-state index contributed by atoms with van der Waals surface area (Å²) < 4.78 is 24.3. The number of aliphatic hydroxyl groups excluding tert-OH is 1. The monoisotopic (exact) mass is 288 g/mol. The molecule has 1 aromatic carbocycles. The first-order valence-corrected chi connectivity index (χ1v) is 8.98. The molecule has 1 aromatic rings. The predicted octanol–water partition coefficient (Wildman–Crippen LogP) is 2.97. The van der Waals surface area contributed by atoms with Crippen molar-refractivity contribution in [3.63, 3.8) is 0 Å². The van der Waals surface area contributed by atoms with Crippen LogP contribution in [0.2, 0.25) is 0 Å². The highest BCUT2D eigenvalue weighted by Gasteiger charge is 2.21. The van der Waals surface area contributed by atoms with Gasteiger partial charge in [0.05, 0.1) is 11.5 Å². The molecule has 1 unspecified atom stereocenters. The van der Waals surface area contributed by atoms with Crippen LogP contribution in [0.4, 0.5) is 0 Å². The third-order valence-corrected chi connectivity index (χ3v) is 6.57. The molecule has 0 saturated carbocycles. The molecule has 0 saturated heterocycles. The van der Waals surface area contributed by atoms with E-state index in [1.165, 1.54) is 0 Å². The number of hydrogen-bond acceptors (Lipinski definition) is 4. The van der Waals surface area contributed by atoms with E-state index in [2.05, 4.69) is 0 Å². The predicted molar refractivity (Wildman–Crippen MR) is 76.4 cm³/mol. The molecule has 5 heteroatoms. The fraction of sp³-hybridized carbons (Fsp3) is 0.538. The normalized spacial score (nSPS) is 13.5. The second-order valence-corrected chi connectivity index (χ2v) is 8.44. The molecule has 1 rings (SSSR count). The summed E-state index contributed by atoms with van der Waals surface area (Å²) in [6, 6.07) is 6.80. The standard InChI is InChI=1S/C13H20O3S2/c1-3-4-5-12(10-14)17-18(15,16)13-8-6-11(2)7-9-13/h6-9,12,14H,3-5,10H2,1-2H3. The average Bonchev–Trinajstić information content (AvgIpc) is 2.35. The van der Waals surface area contributed by atoms with Crippen molar-refractivity contribution >= 4 is 19.7 Å². The van der Waals surface area contributed by atoms with Gasteiger partial charge in [-0.3, -0.25) is 0 Å². The Kier molecular flexibility index (Phi) is 6.18. The molecule has 0 aliphatic heterocycles. The highest BCUT2D eigenvalue weighted by atomic mass is 33.1. The molecule has 18 heavy (non-hydrogen) atoms. The van der Waals surface area contributed by atoms with E-state index in [1.807, 2.05) is 13.8 Å². The highest BCUT2D eigenvalue weighted by Crippen LogP contribution is 2.29. The van der Waals surface area contributed by atoms with Crippen LogP contribution in [-0.4, -0.2) is 25.4 Å². The lowest BCUT2D eigenvalue weighted by atomic mass is 10.2. The molecule has 0 aliphatic rings. The van der Waals surface area contributed by atoms with E-state index in [1.54, 1.807) is 24.3 Å². The zero-order chi connectivity index (χ0) is 13.6. The van der Waals surface area contributed by atoms with Gasteiger partial charge in [-0.05, 0) is 36.3 Å². The van der Waals surface area contributed by atoms with Crippen molar-refractivity contribution in [2.24, 2.45) is 0 Å². The summed E-state index contributed by atoms with van der Waals surface area (Å²) in [5.74, 6) is 0. The Morgan fingerprint density at radius 2 is 1.89 bits per heavy atom. The van der Waals surface area contributed by atoms with Crippen molar-refractivity contribution in [1.82, 2.24) is 0 Å². The van der Waals surface area contributed by atoms with Gasteiger partial charge < -0.3 is 5.11 Å². The zero-order valence-electron chi connectivity index (χ0n) is 10.8. The van der Waals surface area contributed by atoms with E-state index >= 15 is 0 Å². The molecule has 0 bridgehead atoms. The summed E-state index contributed by atoms with van der Waals surface area (Å²) in [5, 5.41) is 8.98. The van der Waals surface area contributed by atoms with Crippen molar-refractivity contribution in [1.29, 1.82) is 0 Å². The minimum absolute atomic E-state index is 0.101. The summed E-state index contributed by atoms with van der Waals surface area (Å²) in [7, 11) is -2.49. The topological polar surface area (TPSA) is 54.4 Å². The Hall–Kier alpha value is -0.520. The van der Waals surface area contributed by atoms with Crippen molar-refractivity contribution in [2.45, 2.75) is 43.3 Å². The molecule has 102 valence electrons. The second-order valence-electron chi connectivity index (χ2n) is 4.31. The van der Waals surface area contributed by atoms with E-state index < -0.39 is 8.87 Å². The van der Waals surface area contributed by atoms with Gasteiger partial charge in [0.2, 0.25) is 8.87 Å². The van der Waals surface area contributed by atoms with Crippen molar-refractivity contribution < 1.29 is 13.5 Å². The summed E-state index contributed by atoms with van der Waals surface area (Å²) in [4.78, 5) is 0.313. The van der Waals surface area contributed by atoms with Crippen molar-refractivity contribution in [3.05, 3.63) is 29.8 Å². The van der Waals surface area contributed by atoms with Crippen LogP contribution in [0.1, 0.15) is 31.7 Å². The molecule has 0 heterocycles. The van der Waals surface area contributed by atoms with Gasteiger partial charge in [-0.15, -0.1) is 0 Å². The molecule has 0 radical (unpaired) electrons. The van der Waals surface area contributed by atoms with Crippen LogP contribution in [0.3, 0.4) is 0 Å². The summed E-state index contributed by atoms with van der Waals surface area (Å²) in [6.07, 6.45) is 2.66. The lowest BCUT2D eigenvalue weighted by Gasteiger charge is -2.13. The van der Waals surface area contributed by atoms with Crippen LogP contribution in [-0.2, 0) is 8.87 Å². The average molecular weight is 288 g/mol. The zero-order valence-corrected chi connectivity index (χ0v) is 12.4. The number of hydrogen-bond donors (Lipinski definition) is 1. The van der Waals surface area contributed by atoms with E-state index in [0.29, 0.717) is 4.90 Å². The summed E-state index contributed by atoms with van der Waals surface area (Å²) in [5.41, 5.74) is 1.03. The van der Waals surface area contributed by atoms with Crippen molar-refractivity contribution in [2.75, 3.05) is 6.61 Å². The lowest BCUT2D eigenvalue weighted by molar-refractivity contribution is 0.289. The quantitative estimate of drug-likeness (QED) is 0.784. The molecular formula is C13H20O3S2. The van der Waals surface area contributed by atoms with Crippen LogP contribution in [0.25, 0.3) is 0 Å². The Bertz CT molecular complexity index is 452. The van der Waals surface area contributed by atoms with Crippen molar-refractivity contribution in [3.8, 4) is 0 Å². The minimum atomic E-state index is -3.36. The van der Waals surface area contributed by atoms with Gasteiger partial charge in [0.25, 0.3) is 0 Å². The van der Waals surface area contributed by atoms with Crippen LogP contribution in [0.15, 0.2) is 29.2 Å². The number of benzene rings is 1. The lowest BCUT2D eigenvalue weighted by Crippen LogP contribution is -2.12. The summed E-state index contributed by atoms with van der Waals surface area (Å²) >= 11 is 0. The van der Waals surface area contributed by atoms with Gasteiger partial charge in [0.1, 0.15) is 0 Å². The van der Waals surface area contributed by atoms with Gasteiger partial charge in [-0.1, -0.05) is 37.5 Å². The minimum Gasteiger partial charge on any atom is -0.395 e. The Morgan fingerprint density at radius 3 is 2.39 bits per heavy atom. The molecule has 0 aliphatic carbocycles. The van der Waals surface area contributed by atoms with E-state index in [4.69, 9.17) is 0 Å². The fourth-order valence-electron chi connectivity index (χ4n) is 1.54. The van der Waals surface area contributed by atoms with Crippen LogP contribution in [0, 0.1) is 6.92 Å². The third-order valence-electron chi connectivity index (χ3n) is 2.66. The third kappa shape index (κ3) is 4.63. The molecule has 1 atom stereocenters. The summed E-state index contributed by atoms with van der Waals surface area (Å²) in [6.45, 7) is 3.87. The molecule has 0 aromatic heterocycles. The van der Waals surface area contributed by atoms with Gasteiger partial charge in [-0.25, -0.2) is 8.42 Å². The molecule has 3 nitrogen and oxygen atoms in total. The first-order valence-electron chi connectivity index (χ1n) is 6.10.